The molecule has 0 aliphatic carbocycles. The highest BCUT2D eigenvalue weighted by molar-refractivity contribution is 5.90. The summed E-state index contributed by atoms with van der Waals surface area (Å²) in [6, 6.07) is 46.2. The fourth-order valence-corrected chi connectivity index (χ4v) is 4.28. The normalized spacial score (nSPS) is 10.9. The highest BCUT2D eigenvalue weighted by atomic mass is 14.9. The Morgan fingerprint density at radius 3 is 1.29 bits per heavy atom. The van der Waals surface area contributed by atoms with E-state index in [9.17, 15) is 0 Å². The van der Waals surface area contributed by atoms with Crippen LogP contribution in [0.25, 0.3) is 55.8 Å². The van der Waals surface area contributed by atoms with Crippen LogP contribution in [0.5, 0.6) is 0 Å². The molecule has 0 aliphatic rings. The zero-order valence-electron chi connectivity index (χ0n) is 18.6. The molecule has 0 radical (unpaired) electrons. The lowest BCUT2D eigenvalue weighted by Crippen LogP contribution is -1.96. The lowest BCUT2D eigenvalue weighted by atomic mass is 9.99. The van der Waals surface area contributed by atoms with Crippen molar-refractivity contribution in [1.82, 2.24) is 9.97 Å². The summed E-state index contributed by atoms with van der Waals surface area (Å²) >= 11 is 0. The average Bonchev–Trinajstić information content (AvgIpc) is 2.93. The third-order valence-corrected chi connectivity index (χ3v) is 6.07. The summed E-state index contributed by atoms with van der Waals surface area (Å²) in [6.07, 6.45) is 0. The maximum Gasteiger partial charge on any atom is 0.160 e. The highest BCUT2D eigenvalue weighted by Crippen LogP contribution is 2.30. The van der Waals surface area contributed by atoms with E-state index in [2.05, 4.69) is 91.0 Å². The molecular formula is C32H22N2. The van der Waals surface area contributed by atoms with Crippen LogP contribution in [0.2, 0.25) is 0 Å². The first-order chi connectivity index (χ1) is 16.8. The Morgan fingerprint density at radius 1 is 0.324 bits per heavy atom. The van der Waals surface area contributed by atoms with Gasteiger partial charge in [-0.15, -0.1) is 0 Å². The van der Waals surface area contributed by atoms with Crippen LogP contribution >= 0.6 is 0 Å². The van der Waals surface area contributed by atoms with E-state index in [0.29, 0.717) is 0 Å². The zero-order chi connectivity index (χ0) is 22.7. The molecule has 0 atom stereocenters. The summed E-state index contributed by atoms with van der Waals surface area (Å²) in [5, 5.41) is 2.37. The smallest absolute Gasteiger partial charge is 0.160 e. The van der Waals surface area contributed by atoms with Gasteiger partial charge in [0.05, 0.1) is 11.4 Å². The summed E-state index contributed by atoms with van der Waals surface area (Å²) in [4.78, 5) is 9.92. The third kappa shape index (κ3) is 3.98. The van der Waals surface area contributed by atoms with E-state index in [1.165, 1.54) is 21.9 Å². The molecular weight excluding hydrogens is 412 g/mol. The first-order valence-corrected chi connectivity index (χ1v) is 11.4. The number of aromatic nitrogens is 2. The van der Waals surface area contributed by atoms with Gasteiger partial charge in [-0.05, 0) is 40.1 Å². The summed E-state index contributed by atoms with van der Waals surface area (Å²) in [5.74, 6) is 0.731. The number of rotatable bonds is 4. The maximum atomic E-state index is 4.96. The van der Waals surface area contributed by atoms with Gasteiger partial charge in [-0.1, -0.05) is 115 Å². The molecule has 0 bridgehead atoms. The van der Waals surface area contributed by atoms with Gasteiger partial charge in [0.25, 0.3) is 0 Å². The molecule has 34 heavy (non-hydrogen) atoms. The van der Waals surface area contributed by atoms with Crippen LogP contribution in [-0.4, -0.2) is 9.97 Å². The van der Waals surface area contributed by atoms with Gasteiger partial charge in [0.1, 0.15) is 0 Å². The molecule has 2 heteroatoms. The van der Waals surface area contributed by atoms with E-state index < -0.39 is 0 Å². The molecule has 0 N–H and O–H groups in total. The van der Waals surface area contributed by atoms with Crippen molar-refractivity contribution in [3.8, 4) is 45.0 Å². The van der Waals surface area contributed by atoms with Crippen molar-refractivity contribution in [3.05, 3.63) is 133 Å². The lowest BCUT2D eigenvalue weighted by Gasteiger charge is -2.10. The van der Waals surface area contributed by atoms with Crippen LogP contribution < -0.4 is 0 Å². The molecule has 0 saturated heterocycles. The van der Waals surface area contributed by atoms with Gasteiger partial charge in [0, 0.05) is 16.7 Å². The molecule has 2 nitrogen and oxygen atoms in total. The Morgan fingerprint density at radius 2 is 0.765 bits per heavy atom. The fraction of sp³-hybridized carbons (Fsp3) is 0. The van der Waals surface area contributed by atoms with E-state index in [-0.39, 0.29) is 0 Å². The number of hydrogen-bond acceptors (Lipinski definition) is 2. The standard InChI is InChI=1S/C32H22N2/c1-4-10-23(11-5-1)26-16-17-28-21-29(19-18-27(28)20-26)32-33-30(24-12-6-2-7-13-24)22-31(34-32)25-14-8-3-9-15-25/h1-22H. The van der Waals surface area contributed by atoms with Crippen molar-refractivity contribution < 1.29 is 0 Å². The molecule has 0 fully saturated rings. The van der Waals surface area contributed by atoms with Gasteiger partial charge >= 0.3 is 0 Å². The molecule has 0 amide bonds. The molecule has 5 aromatic carbocycles. The predicted molar refractivity (Wildman–Crippen MR) is 141 cm³/mol. The minimum Gasteiger partial charge on any atom is -0.228 e. The Balaban J connectivity index is 1.47. The van der Waals surface area contributed by atoms with Gasteiger partial charge in [-0.2, -0.15) is 0 Å². The van der Waals surface area contributed by atoms with Crippen molar-refractivity contribution in [3.63, 3.8) is 0 Å². The number of nitrogens with zero attached hydrogens (tertiary/aromatic N) is 2. The van der Waals surface area contributed by atoms with Crippen molar-refractivity contribution in [1.29, 1.82) is 0 Å². The SMILES string of the molecule is c1ccc(-c2ccc3cc(-c4nc(-c5ccccc5)cc(-c5ccccc5)n4)ccc3c2)cc1. The first kappa shape index (κ1) is 20.1. The summed E-state index contributed by atoms with van der Waals surface area (Å²) < 4.78 is 0. The largest absolute Gasteiger partial charge is 0.228 e. The van der Waals surface area contributed by atoms with E-state index in [1.54, 1.807) is 0 Å². The van der Waals surface area contributed by atoms with Crippen molar-refractivity contribution in [2.45, 2.75) is 0 Å². The van der Waals surface area contributed by atoms with Gasteiger partial charge in [0.2, 0.25) is 0 Å². The molecule has 1 aromatic heterocycles. The molecule has 0 saturated carbocycles. The predicted octanol–water partition coefficient (Wildman–Crippen LogP) is 8.30. The minimum absolute atomic E-state index is 0.731. The number of hydrogen-bond donors (Lipinski definition) is 0. The first-order valence-electron chi connectivity index (χ1n) is 11.4. The summed E-state index contributed by atoms with van der Waals surface area (Å²) in [5.41, 5.74) is 7.45. The Kier molecular flexibility index (Phi) is 5.17. The molecule has 0 aliphatic heterocycles. The van der Waals surface area contributed by atoms with Crippen LogP contribution in [0.3, 0.4) is 0 Å². The molecule has 6 rings (SSSR count). The van der Waals surface area contributed by atoms with Gasteiger partial charge < -0.3 is 0 Å². The second-order valence-electron chi connectivity index (χ2n) is 8.34. The Bertz CT molecular complexity index is 1520. The molecule has 6 aromatic rings. The zero-order valence-corrected chi connectivity index (χ0v) is 18.6. The van der Waals surface area contributed by atoms with Gasteiger partial charge in [-0.25, -0.2) is 9.97 Å². The Labute approximate surface area is 199 Å². The second-order valence-corrected chi connectivity index (χ2v) is 8.34. The lowest BCUT2D eigenvalue weighted by molar-refractivity contribution is 1.18. The maximum absolute atomic E-state index is 4.96. The van der Waals surface area contributed by atoms with Crippen molar-refractivity contribution in [2.75, 3.05) is 0 Å². The van der Waals surface area contributed by atoms with E-state index in [0.717, 1.165) is 33.9 Å². The highest BCUT2D eigenvalue weighted by Gasteiger charge is 2.11. The topological polar surface area (TPSA) is 25.8 Å². The molecule has 160 valence electrons. The monoisotopic (exact) mass is 434 g/mol. The summed E-state index contributed by atoms with van der Waals surface area (Å²) in [7, 11) is 0. The molecule has 0 unspecified atom stereocenters. The van der Waals surface area contributed by atoms with E-state index >= 15 is 0 Å². The second kappa shape index (κ2) is 8.76. The quantitative estimate of drug-likeness (QED) is 0.279. The average molecular weight is 435 g/mol. The van der Waals surface area contributed by atoms with Gasteiger partial charge in [0.15, 0.2) is 5.82 Å². The van der Waals surface area contributed by atoms with Gasteiger partial charge in [-0.3, -0.25) is 0 Å². The molecule has 1 heterocycles. The minimum atomic E-state index is 0.731. The van der Waals surface area contributed by atoms with Crippen LogP contribution in [0, 0.1) is 0 Å². The van der Waals surface area contributed by atoms with Crippen LogP contribution in [0.15, 0.2) is 133 Å². The number of fused-ring (bicyclic) bond motifs is 1. The van der Waals surface area contributed by atoms with Crippen LogP contribution in [0.4, 0.5) is 0 Å². The van der Waals surface area contributed by atoms with Crippen LogP contribution in [-0.2, 0) is 0 Å². The van der Waals surface area contributed by atoms with E-state index in [1.807, 2.05) is 42.5 Å². The van der Waals surface area contributed by atoms with Crippen molar-refractivity contribution in [2.24, 2.45) is 0 Å². The number of benzene rings is 5. The fourth-order valence-electron chi connectivity index (χ4n) is 4.28. The molecule has 0 spiro atoms. The third-order valence-electron chi connectivity index (χ3n) is 6.07. The Hall–Kier alpha value is -4.56. The van der Waals surface area contributed by atoms with E-state index in [4.69, 9.17) is 9.97 Å². The van der Waals surface area contributed by atoms with Crippen molar-refractivity contribution >= 4 is 10.8 Å². The summed E-state index contributed by atoms with van der Waals surface area (Å²) in [6.45, 7) is 0. The van der Waals surface area contributed by atoms with Crippen LogP contribution in [0.1, 0.15) is 0 Å².